The van der Waals surface area contributed by atoms with Crippen LogP contribution in [0, 0.1) is 6.92 Å². The van der Waals surface area contributed by atoms with Crippen LogP contribution < -0.4 is 4.72 Å². The van der Waals surface area contributed by atoms with E-state index >= 15 is 0 Å². The Balaban J connectivity index is 2.11. The first kappa shape index (κ1) is 19.7. The van der Waals surface area contributed by atoms with Crippen molar-refractivity contribution in [1.82, 2.24) is 4.72 Å². The number of hydrogen-bond acceptors (Lipinski definition) is 3. The highest BCUT2D eigenvalue weighted by molar-refractivity contribution is 7.89. The second kappa shape index (κ2) is 7.33. The molecule has 2 aromatic rings. The minimum Gasteiger partial charge on any atom is -0.387 e. The summed E-state index contributed by atoms with van der Waals surface area (Å²) in [7, 11) is -3.92. The first-order valence-electron chi connectivity index (χ1n) is 7.12. The van der Waals surface area contributed by atoms with E-state index in [9.17, 15) is 26.7 Å². The number of aliphatic hydroxyl groups is 1. The molecule has 25 heavy (non-hydrogen) atoms. The fourth-order valence-electron chi connectivity index (χ4n) is 2.16. The van der Waals surface area contributed by atoms with Crippen LogP contribution in [-0.2, 0) is 16.2 Å². The fourth-order valence-corrected chi connectivity index (χ4v) is 3.69. The van der Waals surface area contributed by atoms with E-state index < -0.39 is 27.9 Å². The van der Waals surface area contributed by atoms with Crippen molar-refractivity contribution in [2.45, 2.75) is 24.1 Å². The van der Waals surface area contributed by atoms with Gasteiger partial charge in [0.2, 0.25) is 10.0 Å². The lowest BCUT2D eigenvalue weighted by molar-refractivity contribution is -0.137. The van der Waals surface area contributed by atoms with Crippen molar-refractivity contribution in [3.63, 3.8) is 0 Å². The molecular formula is C16H15ClF3NO3S. The predicted octanol–water partition coefficient (Wildman–Crippen LogP) is 3.68. The van der Waals surface area contributed by atoms with Crippen molar-refractivity contribution in [3.8, 4) is 0 Å². The van der Waals surface area contributed by atoms with Crippen LogP contribution >= 0.6 is 11.6 Å². The average molecular weight is 394 g/mol. The first-order chi connectivity index (χ1) is 11.5. The molecule has 0 aliphatic rings. The predicted molar refractivity (Wildman–Crippen MR) is 87.8 cm³/mol. The maximum atomic E-state index is 12.5. The summed E-state index contributed by atoms with van der Waals surface area (Å²) in [5.41, 5.74) is -0.321. The summed E-state index contributed by atoms with van der Waals surface area (Å²) < 4.78 is 64.4. The van der Waals surface area contributed by atoms with Gasteiger partial charge in [-0.05, 0) is 42.3 Å². The van der Waals surface area contributed by atoms with Gasteiger partial charge in [-0.3, -0.25) is 0 Å². The number of rotatable bonds is 5. The van der Waals surface area contributed by atoms with Crippen molar-refractivity contribution >= 4 is 21.6 Å². The molecule has 0 spiro atoms. The Morgan fingerprint density at radius 3 is 2.32 bits per heavy atom. The maximum Gasteiger partial charge on any atom is 0.416 e. The van der Waals surface area contributed by atoms with Crippen LogP contribution in [0.1, 0.15) is 22.8 Å². The smallest absolute Gasteiger partial charge is 0.387 e. The number of aliphatic hydroxyl groups excluding tert-OH is 1. The van der Waals surface area contributed by atoms with Crippen molar-refractivity contribution in [2.24, 2.45) is 0 Å². The van der Waals surface area contributed by atoms with Crippen molar-refractivity contribution in [3.05, 3.63) is 64.2 Å². The molecule has 0 saturated heterocycles. The van der Waals surface area contributed by atoms with E-state index in [1.54, 1.807) is 13.0 Å². The van der Waals surface area contributed by atoms with E-state index in [0.717, 1.165) is 24.3 Å². The maximum absolute atomic E-state index is 12.5. The van der Waals surface area contributed by atoms with Crippen molar-refractivity contribution < 1.29 is 26.7 Å². The van der Waals surface area contributed by atoms with Gasteiger partial charge in [0, 0.05) is 11.6 Å². The quantitative estimate of drug-likeness (QED) is 0.814. The summed E-state index contributed by atoms with van der Waals surface area (Å²) in [6.07, 6.45) is -5.77. The standard InChI is InChI=1S/C16H15ClF3NO3S/c1-10-13(17)3-2-4-15(10)25(23,24)21-9-14(22)11-5-7-12(8-6-11)16(18,19)20/h2-8,14,21-22H,9H2,1H3. The second-order valence-corrected chi connectivity index (χ2v) is 7.49. The van der Waals surface area contributed by atoms with E-state index in [2.05, 4.69) is 4.72 Å². The molecule has 1 unspecified atom stereocenters. The third-order valence-electron chi connectivity index (χ3n) is 3.60. The Labute approximate surface area is 148 Å². The van der Waals surface area contributed by atoms with Crippen LogP contribution in [0.15, 0.2) is 47.4 Å². The van der Waals surface area contributed by atoms with Gasteiger partial charge in [0.25, 0.3) is 0 Å². The topological polar surface area (TPSA) is 66.4 Å². The summed E-state index contributed by atoms with van der Waals surface area (Å²) >= 11 is 5.90. The van der Waals surface area contributed by atoms with E-state index in [0.29, 0.717) is 5.56 Å². The molecule has 136 valence electrons. The zero-order valence-corrected chi connectivity index (χ0v) is 14.6. The van der Waals surface area contributed by atoms with Gasteiger partial charge < -0.3 is 5.11 Å². The molecule has 2 aromatic carbocycles. The molecule has 0 heterocycles. The highest BCUT2D eigenvalue weighted by atomic mass is 35.5. The van der Waals surface area contributed by atoms with Gasteiger partial charge >= 0.3 is 6.18 Å². The molecule has 4 nitrogen and oxygen atoms in total. The molecule has 2 rings (SSSR count). The summed E-state index contributed by atoms with van der Waals surface area (Å²) in [6, 6.07) is 8.26. The Hall–Kier alpha value is -1.61. The zero-order chi connectivity index (χ0) is 18.8. The molecule has 9 heteroatoms. The number of alkyl halides is 3. The molecule has 1 atom stereocenters. The van der Waals surface area contributed by atoms with E-state index in [-0.39, 0.29) is 22.0 Å². The van der Waals surface area contributed by atoms with Gasteiger partial charge in [0.15, 0.2) is 0 Å². The number of halogens is 4. The van der Waals surface area contributed by atoms with Crippen LogP contribution in [0.3, 0.4) is 0 Å². The Morgan fingerprint density at radius 1 is 1.16 bits per heavy atom. The van der Waals surface area contributed by atoms with Crippen LogP contribution in [-0.4, -0.2) is 20.1 Å². The largest absolute Gasteiger partial charge is 0.416 e. The molecule has 0 bridgehead atoms. The normalized spacial score (nSPS) is 13.7. The Kier molecular flexibility index (Phi) is 5.78. The van der Waals surface area contributed by atoms with Gasteiger partial charge in [-0.15, -0.1) is 0 Å². The second-order valence-electron chi connectivity index (χ2n) is 5.35. The summed E-state index contributed by atoms with van der Waals surface area (Å²) in [5, 5.41) is 10.3. The molecule has 0 radical (unpaired) electrons. The SMILES string of the molecule is Cc1c(Cl)cccc1S(=O)(=O)NCC(O)c1ccc(C(F)(F)F)cc1. The van der Waals surface area contributed by atoms with E-state index in [1.165, 1.54) is 12.1 Å². The van der Waals surface area contributed by atoms with Crippen LogP contribution in [0.5, 0.6) is 0 Å². The molecule has 0 aliphatic carbocycles. The lowest BCUT2D eigenvalue weighted by Gasteiger charge is -2.15. The van der Waals surface area contributed by atoms with Gasteiger partial charge in [-0.2, -0.15) is 13.2 Å². The van der Waals surface area contributed by atoms with E-state index in [4.69, 9.17) is 11.6 Å². The molecule has 0 saturated carbocycles. The molecule has 0 fully saturated rings. The van der Waals surface area contributed by atoms with Gasteiger partial charge in [-0.1, -0.05) is 29.8 Å². The number of benzene rings is 2. The third-order valence-corrected chi connectivity index (χ3v) is 5.57. The molecule has 2 N–H and O–H groups in total. The third kappa shape index (κ3) is 4.72. The number of nitrogens with one attached hydrogen (secondary N) is 1. The summed E-state index contributed by atoms with van der Waals surface area (Å²) in [4.78, 5) is -0.0281. The average Bonchev–Trinajstić information content (AvgIpc) is 2.54. The Morgan fingerprint density at radius 2 is 1.76 bits per heavy atom. The monoisotopic (exact) mass is 393 g/mol. The highest BCUT2D eigenvalue weighted by Crippen LogP contribution is 2.30. The molecule has 0 aliphatic heterocycles. The lowest BCUT2D eigenvalue weighted by Crippen LogP contribution is -2.29. The first-order valence-corrected chi connectivity index (χ1v) is 8.98. The Bertz CT molecular complexity index is 852. The minimum absolute atomic E-state index is 0.0281. The minimum atomic E-state index is -4.48. The molecule has 0 amide bonds. The molecule has 0 aromatic heterocycles. The van der Waals surface area contributed by atoms with Gasteiger partial charge in [0.1, 0.15) is 0 Å². The van der Waals surface area contributed by atoms with Crippen LogP contribution in [0.2, 0.25) is 5.02 Å². The van der Waals surface area contributed by atoms with Gasteiger partial charge in [-0.25, -0.2) is 13.1 Å². The summed E-state index contributed by atoms with van der Waals surface area (Å²) in [5.74, 6) is 0. The van der Waals surface area contributed by atoms with Crippen LogP contribution in [0.4, 0.5) is 13.2 Å². The molecular weight excluding hydrogens is 379 g/mol. The lowest BCUT2D eigenvalue weighted by atomic mass is 10.1. The highest BCUT2D eigenvalue weighted by Gasteiger charge is 2.30. The number of hydrogen-bond donors (Lipinski definition) is 2. The summed E-state index contributed by atoms with van der Waals surface area (Å²) in [6.45, 7) is 1.16. The van der Waals surface area contributed by atoms with Crippen LogP contribution in [0.25, 0.3) is 0 Å². The zero-order valence-electron chi connectivity index (χ0n) is 13.0. The fraction of sp³-hybridized carbons (Fsp3) is 0.250. The van der Waals surface area contributed by atoms with Crippen molar-refractivity contribution in [2.75, 3.05) is 6.54 Å². The van der Waals surface area contributed by atoms with E-state index in [1.807, 2.05) is 0 Å². The van der Waals surface area contributed by atoms with Crippen molar-refractivity contribution in [1.29, 1.82) is 0 Å². The number of sulfonamides is 1. The van der Waals surface area contributed by atoms with Gasteiger partial charge in [0.05, 0.1) is 16.6 Å².